The van der Waals surface area contributed by atoms with Crippen molar-refractivity contribution in [1.82, 2.24) is 15.5 Å². The molecular formula is C14H19N3O3. The van der Waals surface area contributed by atoms with Crippen molar-refractivity contribution in [2.45, 2.75) is 39.2 Å². The monoisotopic (exact) mass is 277 g/mol. The molecule has 3 rings (SSSR count). The maximum atomic E-state index is 12.4. The molecule has 108 valence electrons. The molecule has 6 heteroatoms. The second-order valence-corrected chi connectivity index (χ2v) is 6.01. The average molecular weight is 277 g/mol. The molecule has 0 aromatic carbocycles. The summed E-state index contributed by atoms with van der Waals surface area (Å²) >= 11 is 0. The molecule has 2 aliphatic rings. The van der Waals surface area contributed by atoms with E-state index in [0.29, 0.717) is 17.2 Å². The van der Waals surface area contributed by atoms with Gasteiger partial charge in [0.1, 0.15) is 0 Å². The van der Waals surface area contributed by atoms with Crippen LogP contribution in [-0.2, 0) is 4.79 Å². The lowest BCUT2D eigenvalue weighted by atomic mass is 9.84. The predicted octanol–water partition coefficient (Wildman–Crippen LogP) is 1.26. The first-order valence-corrected chi connectivity index (χ1v) is 7.04. The summed E-state index contributed by atoms with van der Waals surface area (Å²) in [5, 5.41) is 19.1. The first kappa shape index (κ1) is 13.1. The van der Waals surface area contributed by atoms with Gasteiger partial charge in [-0.25, -0.2) is 0 Å². The number of carbonyl (C=O) groups is 2. The predicted molar refractivity (Wildman–Crippen MR) is 71.3 cm³/mol. The molecule has 0 aliphatic heterocycles. The summed E-state index contributed by atoms with van der Waals surface area (Å²) in [5.41, 5.74) is 1.90. The second kappa shape index (κ2) is 4.61. The van der Waals surface area contributed by atoms with Crippen LogP contribution in [0.25, 0.3) is 0 Å². The largest absolute Gasteiger partial charge is 0.481 e. The van der Waals surface area contributed by atoms with Gasteiger partial charge in [-0.15, -0.1) is 0 Å². The number of aliphatic carboxylic acids is 1. The van der Waals surface area contributed by atoms with E-state index in [2.05, 4.69) is 15.5 Å². The van der Waals surface area contributed by atoms with Gasteiger partial charge in [-0.3, -0.25) is 14.7 Å². The Morgan fingerprint density at radius 2 is 2.00 bits per heavy atom. The van der Waals surface area contributed by atoms with Crippen molar-refractivity contribution in [3.05, 3.63) is 17.0 Å². The van der Waals surface area contributed by atoms with Crippen LogP contribution in [0.4, 0.5) is 0 Å². The van der Waals surface area contributed by atoms with Gasteiger partial charge in [0.25, 0.3) is 5.91 Å². The molecule has 1 aromatic heterocycles. The number of hydrogen-bond acceptors (Lipinski definition) is 3. The van der Waals surface area contributed by atoms with Crippen LogP contribution in [0.15, 0.2) is 0 Å². The smallest absolute Gasteiger partial charge is 0.308 e. The maximum Gasteiger partial charge on any atom is 0.308 e. The lowest BCUT2D eigenvalue weighted by Gasteiger charge is -2.28. The molecule has 3 N–H and O–H groups in total. The molecule has 4 unspecified atom stereocenters. The highest BCUT2D eigenvalue weighted by Gasteiger charge is 2.51. The number of carboxylic acid groups (broad SMARTS) is 1. The van der Waals surface area contributed by atoms with Gasteiger partial charge in [-0.05, 0) is 44.9 Å². The standard InChI is InChI=1S/C14H19N3O3/c1-6-10(7(2)17-16-6)13(18)15-12-9-4-3-8(5-9)11(12)14(19)20/h8-9,11-12H,3-5H2,1-2H3,(H,15,18)(H,16,17)(H,19,20). The zero-order valence-electron chi connectivity index (χ0n) is 11.6. The molecule has 6 nitrogen and oxygen atoms in total. The minimum Gasteiger partial charge on any atom is -0.481 e. The third-order valence-electron chi connectivity index (χ3n) is 4.85. The first-order chi connectivity index (χ1) is 9.49. The van der Waals surface area contributed by atoms with Gasteiger partial charge in [-0.1, -0.05) is 0 Å². The summed E-state index contributed by atoms with van der Waals surface area (Å²) in [7, 11) is 0. The summed E-state index contributed by atoms with van der Waals surface area (Å²) in [6.07, 6.45) is 2.91. The molecule has 2 bridgehead atoms. The number of carbonyl (C=O) groups excluding carboxylic acids is 1. The summed E-state index contributed by atoms with van der Waals surface area (Å²) in [6, 6.07) is -0.243. The fourth-order valence-electron chi connectivity index (χ4n) is 3.96. The number of aromatic amines is 1. The van der Waals surface area contributed by atoms with E-state index in [1.165, 1.54) is 0 Å². The number of hydrogen-bond donors (Lipinski definition) is 3. The molecule has 1 aromatic rings. The molecule has 2 aliphatic carbocycles. The molecule has 0 saturated heterocycles. The summed E-state index contributed by atoms with van der Waals surface area (Å²) < 4.78 is 0. The Balaban J connectivity index is 1.80. The van der Waals surface area contributed by atoms with Crippen LogP contribution in [0.5, 0.6) is 0 Å². The zero-order chi connectivity index (χ0) is 14.4. The molecule has 0 radical (unpaired) electrons. The number of rotatable bonds is 3. The number of amides is 1. The molecule has 2 fully saturated rings. The highest BCUT2D eigenvalue weighted by atomic mass is 16.4. The molecule has 4 atom stereocenters. The molecule has 1 heterocycles. The van der Waals surface area contributed by atoms with Crippen LogP contribution in [0.3, 0.4) is 0 Å². The van der Waals surface area contributed by atoms with Crippen LogP contribution >= 0.6 is 0 Å². The molecule has 1 amide bonds. The van der Waals surface area contributed by atoms with Gasteiger partial charge in [-0.2, -0.15) is 5.10 Å². The van der Waals surface area contributed by atoms with Crippen LogP contribution in [0.2, 0.25) is 0 Å². The topological polar surface area (TPSA) is 95.1 Å². The van der Waals surface area contributed by atoms with Crippen molar-refractivity contribution in [2.75, 3.05) is 0 Å². The molecule has 2 saturated carbocycles. The summed E-state index contributed by atoms with van der Waals surface area (Å²) in [6.45, 7) is 3.57. The Morgan fingerprint density at radius 1 is 1.30 bits per heavy atom. The van der Waals surface area contributed by atoms with Crippen LogP contribution in [0.1, 0.15) is 41.0 Å². The number of aromatic nitrogens is 2. The molecule has 20 heavy (non-hydrogen) atoms. The number of carboxylic acids is 1. The van der Waals surface area contributed by atoms with Crippen LogP contribution in [-0.4, -0.2) is 33.2 Å². The van der Waals surface area contributed by atoms with Crippen LogP contribution in [0, 0.1) is 31.6 Å². The van der Waals surface area contributed by atoms with E-state index in [9.17, 15) is 14.7 Å². The van der Waals surface area contributed by atoms with E-state index in [1.54, 1.807) is 13.8 Å². The van der Waals surface area contributed by atoms with Crippen molar-refractivity contribution in [1.29, 1.82) is 0 Å². The number of nitrogens with one attached hydrogen (secondary N) is 2. The molecule has 0 spiro atoms. The third kappa shape index (κ3) is 1.90. The third-order valence-corrected chi connectivity index (χ3v) is 4.85. The highest BCUT2D eigenvalue weighted by Crippen LogP contribution is 2.48. The van der Waals surface area contributed by atoms with Gasteiger partial charge in [0.2, 0.25) is 0 Å². The SMILES string of the molecule is Cc1n[nH]c(C)c1C(=O)NC1C2CCC(C2)C1C(=O)O. The Morgan fingerprint density at radius 3 is 2.60 bits per heavy atom. The quantitative estimate of drug-likeness (QED) is 0.775. The first-order valence-electron chi connectivity index (χ1n) is 7.04. The normalized spacial score (nSPS) is 31.5. The Kier molecular flexibility index (Phi) is 3.03. The highest BCUT2D eigenvalue weighted by molar-refractivity contribution is 5.96. The van der Waals surface area contributed by atoms with Gasteiger partial charge >= 0.3 is 5.97 Å². The average Bonchev–Trinajstić information content (AvgIpc) is 3.04. The van der Waals surface area contributed by atoms with Gasteiger partial charge in [0.05, 0.1) is 17.2 Å². The van der Waals surface area contributed by atoms with Crippen molar-refractivity contribution >= 4 is 11.9 Å². The van der Waals surface area contributed by atoms with Gasteiger partial charge in [0, 0.05) is 11.7 Å². The van der Waals surface area contributed by atoms with Gasteiger partial charge < -0.3 is 10.4 Å². The van der Waals surface area contributed by atoms with E-state index in [4.69, 9.17) is 0 Å². The van der Waals surface area contributed by atoms with Gasteiger partial charge in [0.15, 0.2) is 0 Å². The number of aryl methyl sites for hydroxylation is 2. The number of fused-ring (bicyclic) bond motifs is 2. The van der Waals surface area contributed by atoms with Crippen molar-refractivity contribution < 1.29 is 14.7 Å². The maximum absolute atomic E-state index is 12.4. The lowest BCUT2D eigenvalue weighted by Crippen LogP contribution is -2.47. The van der Waals surface area contributed by atoms with Crippen molar-refractivity contribution in [3.63, 3.8) is 0 Å². The minimum atomic E-state index is -0.789. The summed E-state index contributed by atoms with van der Waals surface area (Å²) in [5.74, 6) is -0.919. The second-order valence-electron chi connectivity index (χ2n) is 6.01. The van der Waals surface area contributed by atoms with Crippen molar-refractivity contribution in [2.24, 2.45) is 17.8 Å². The van der Waals surface area contributed by atoms with E-state index in [0.717, 1.165) is 25.0 Å². The summed E-state index contributed by atoms with van der Waals surface area (Å²) in [4.78, 5) is 23.8. The number of H-pyrrole nitrogens is 1. The van der Waals surface area contributed by atoms with E-state index in [-0.39, 0.29) is 17.9 Å². The Bertz CT molecular complexity index is 547. The Labute approximate surface area is 116 Å². The Hall–Kier alpha value is -1.85. The fourth-order valence-corrected chi connectivity index (χ4v) is 3.96. The zero-order valence-corrected chi connectivity index (χ0v) is 11.6. The fraction of sp³-hybridized carbons (Fsp3) is 0.643. The molecular weight excluding hydrogens is 258 g/mol. The minimum absolute atomic E-state index is 0.211. The van der Waals surface area contributed by atoms with E-state index >= 15 is 0 Å². The lowest BCUT2D eigenvalue weighted by molar-refractivity contribution is -0.144. The number of nitrogens with zero attached hydrogens (tertiary/aromatic N) is 1. The van der Waals surface area contributed by atoms with E-state index < -0.39 is 11.9 Å². The van der Waals surface area contributed by atoms with Crippen molar-refractivity contribution in [3.8, 4) is 0 Å². The van der Waals surface area contributed by atoms with E-state index in [1.807, 2.05) is 0 Å². The van der Waals surface area contributed by atoms with Crippen LogP contribution < -0.4 is 5.32 Å².